The van der Waals surface area contributed by atoms with E-state index in [0.29, 0.717) is 12.3 Å². The van der Waals surface area contributed by atoms with Gasteiger partial charge in [0.2, 0.25) is 0 Å². The highest BCUT2D eigenvalue weighted by Crippen LogP contribution is 2.27. The Kier molecular flexibility index (Phi) is 4.38. The molecule has 0 unspecified atom stereocenters. The lowest BCUT2D eigenvalue weighted by Crippen LogP contribution is -2.17. The van der Waals surface area contributed by atoms with Crippen LogP contribution in [0.3, 0.4) is 0 Å². The molecule has 0 aliphatic heterocycles. The summed E-state index contributed by atoms with van der Waals surface area (Å²) in [6.45, 7) is 2.59. The summed E-state index contributed by atoms with van der Waals surface area (Å²) in [6, 6.07) is 14.7. The number of phenolic OH excluding ortho intramolecular Hbond substituents is 2. The van der Waals surface area contributed by atoms with Crippen LogP contribution >= 0.6 is 0 Å². The van der Waals surface area contributed by atoms with Gasteiger partial charge in [-0.05, 0) is 47.9 Å². The highest BCUT2D eigenvalue weighted by Gasteiger charge is 2.09. The summed E-state index contributed by atoms with van der Waals surface area (Å²) in [6.07, 6.45) is 3.59. The third-order valence-electron chi connectivity index (χ3n) is 4.17. The smallest absolute Gasteiger partial charge is 0.118 e. The van der Waals surface area contributed by atoms with Crippen LogP contribution in [0.2, 0.25) is 0 Å². The molecule has 0 amide bonds. The summed E-state index contributed by atoms with van der Waals surface area (Å²) >= 11 is 0. The predicted molar refractivity (Wildman–Crippen MR) is 96.3 cm³/mol. The third-order valence-corrected chi connectivity index (χ3v) is 4.17. The molecular formula is C20H20N2O2. The summed E-state index contributed by atoms with van der Waals surface area (Å²) in [5, 5.41) is 19.5. The maximum Gasteiger partial charge on any atom is 0.118 e. The van der Waals surface area contributed by atoms with E-state index in [1.807, 2.05) is 50.5 Å². The van der Waals surface area contributed by atoms with Crippen LogP contribution in [-0.4, -0.2) is 22.2 Å². The first-order chi connectivity index (χ1) is 11.5. The first kappa shape index (κ1) is 15.9. The van der Waals surface area contributed by atoms with Crippen molar-refractivity contribution in [2.75, 3.05) is 11.9 Å². The lowest BCUT2D eigenvalue weighted by atomic mass is 10.1. The molecule has 0 radical (unpaired) electrons. The summed E-state index contributed by atoms with van der Waals surface area (Å²) in [7, 11) is 1.99. The Balaban J connectivity index is 1.87. The molecule has 1 heterocycles. The Morgan fingerprint density at radius 3 is 2.54 bits per heavy atom. The lowest BCUT2D eigenvalue weighted by Gasteiger charge is -2.21. The molecule has 0 saturated carbocycles. The van der Waals surface area contributed by atoms with Gasteiger partial charge in [-0.2, -0.15) is 0 Å². The zero-order valence-electron chi connectivity index (χ0n) is 13.8. The van der Waals surface area contributed by atoms with Crippen LogP contribution in [0.15, 0.2) is 60.9 Å². The van der Waals surface area contributed by atoms with Crippen molar-refractivity contribution in [3.63, 3.8) is 0 Å². The van der Waals surface area contributed by atoms with Gasteiger partial charge in [0, 0.05) is 25.4 Å². The quantitative estimate of drug-likeness (QED) is 0.760. The molecule has 4 heteroatoms. The van der Waals surface area contributed by atoms with Crippen molar-refractivity contribution < 1.29 is 10.2 Å². The fraction of sp³-hybridized carbons (Fsp3) is 0.150. The van der Waals surface area contributed by atoms with Crippen molar-refractivity contribution in [1.29, 1.82) is 0 Å². The highest BCUT2D eigenvalue weighted by molar-refractivity contribution is 5.68. The van der Waals surface area contributed by atoms with Crippen molar-refractivity contribution in [3.05, 3.63) is 72.1 Å². The van der Waals surface area contributed by atoms with E-state index >= 15 is 0 Å². The normalized spacial score (nSPS) is 10.6. The number of nitrogens with zero attached hydrogens (tertiary/aromatic N) is 2. The average Bonchev–Trinajstić information content (AvgIpc) is 2.59. The molecule has 122 valence electrons. The minimum Gasteiger partial charge on any atom is -0.508 e. The Bertz CT molecular complexity index is 862. The molecule has 4 nitrogen and oxygen atoms in total. The summed E-state index contributed by atoms with van der Waals surface area (Å²) in [4.78, 5) is 6.41. The van der Waals surface area contributed by atoms with Crippen molar-refractivity contribution in [2.24, 2.45) is 0 Å². The second-order valence-corrected chi connectivity index (χ2v) is 5.90. The van der Waals surface area contributed by atoms with Gasteiger partial charge in [0.05, 0.1) is 11.9 Å². The molecule has 3 rings (SSSR count). The van der Waals surface area contributed by atoms with Crippen LogP contribution in [-0.2, 0) is 6.54 Å². The number of anilines is 1. The molecule has 0 aliphatic carbocycles. The van der Waals surface area contributed by atoms with Gasteiger partial charge in [-0.15, -0.1) is 0 Å². The summed E-state index contributed by atoms with van der Waals surface area (Å²) in [5.74, 6) is 0.550. The number of benzene rings is 2. The minimum atomic E-state index is 0.238. The Morgan fingerprint density at radius 2 is 1.75 bits per heavy atom. The van der Waals surface area contributed by atoms with Crippen molar-refractivity contribution in [3.8, 4) is 22.6 Å². The minimum absolute atomic E-state index is 0.238. The standard InChI is InChI=1S/C20H20N2O2/c1-14-16(6-4-8-20(14)24)13-22(2)18-9-17(11-21-12-18)15-5-3-7-19(23)10-15/h3-12,23-24H,13H2,1-2H3. The van der Waals surface area contributed by atoms with Crippen LogP contribution < -0.4 is 4.90 Å². The average molecular weight is 320 g/mol. The zero-order valence-corrected chi connectivity index (χ0v) is 13.8. The van der Waals surface area contributed by atoms with Gasteiger partial charge < -0.3 is 15.1 Å². The summed E-state index contributed by atoms with van der Waals surface area (Å²) in [5.41, 5.74) is 4.80. The number of rotatable bonds is 4. The second kappa shape index (κ2) is 6.62. The van der Waals surface area contributed by atoms with Gasteiger partial charge >= 0.3 is 0 Å². The fourth-order valence-corrected chi connectivity index (χ4v) is 2.67. The monoisotopic (exact) mass is 320 g/mol. The maximum absolute atomic E-state index is 9.85. The third kappa shape index (κ3) is 3.33. The van der Waals surface area contributed by atoms with E-state index in [4.69, 9.17) is 0 Å². The number of hydrogen-bond acceptors (Lipinski definition) is 4. The van der Waals surface area contributed by atoms with Crippen LogP contribution in [0.25, 0.3) is 11.1 Å². The molecule has 3 aromatic rings. The summed E-state index contributed by atoms with van der Waals surface area (Å²) < 4.78 is 0. The number of aromatic nitrogens is 1. The van der Waals surface area contributed by atoms with Crippen LogP contribution in [0.5, 0.6) is 11.5 Å². The van der Waals surface area contributed by atoms with Gasteiger partial charge in [0.25, 0.3) is 0 Å². The maximum atomic E-state index is 9.85. The molecule has 1 aromatic heterocycles. The molecular weight excluding hydrogens is 300 g/mol. The fourth-order valence-electron chi connectivity index (χ4n) is 2.67. The number of hydrogen-bond donors (Lipinski definition) is 2. The molecule has 2 aromatic carbocycles. The van der Waals surface area contributed by atoms with Gasteiger partial charge in [-0.1, -0.05) is 24.3 Å². The van der Waals surface area contributed by atoms with Crippen molar-refractivity contribution >= 4 is 5.69 Å². The van der Waals surface area contributed by atoms with Crippen molar-refractivity contribution in [1.82, 2.24) is 4.98 Å². The Morgan fingerprint density at radius 1 is 0.958 bits per heavy atom. The zero-order chi connectivity index (χ0) is 17.1. The van der Waals surface area contributed by atoms with Gasteiger partial charge in [0.15, 0.2) is 0 Å². The number of aromatic hydroxyl groups is 2. The van der Waals surface area contributed by atoms with Gasteiger partial charge in [-0.3, -0.25) is 4.98 Å². The molecule has 2 N–H and O–H groups in total. The van der Waals surface area contributed by atoms with E-state index < -0.39 is 0 Å². The van der Waals surface area contributed by atoms with Gasteiger partial charge in [-0.25, -0.2) is 0 Å². The van der Waals surface area contributed by atoms with Gasteiger partial charge in [0.1, 0.15) is 11.5 Å². The Hall–Kier alpha value is -3.01. The topological polar surface area (TPSA) is 56.6 Å². The Labute approximate surface area is 141 Å². The van der Waals surface area contributed by atoms with Crippen LogP contribution in [0.1, 0.15) is 11.1 Å². The largest absolute Gasteiger partial charge is 0.508 e. The van der Waals surface area contributed by atoms with E-state index in [0.717, 1.165) is 27.9 Å². The molecule has 0 atom stereocenters. The number of phenols is 2. The number of pyridine rings is 1. The second-order valence-electron chi connectivity index (χ2n) is 5.90. The molecule has 0 saturated heterocycles. The molecule has 0 fully saturated rings. The lowest BCUT2D eigenvalue weighted by molar-refractivity contribution is 0.470. The van der Waals surface area contributed by atoms with E-state index in [2.05, 4.69) is 9.88 Å². The predicted octanol–water partition coefficient (Wildman–Crippen LogP) is 4.10. The molecule has 24 heavy (non-hydrogen) atoms. The molecule has 0 aliphatic rings. The van der Waals surface area contributed by atoms with Crippen LogP contribution in [0, 0.1) is 6.92 Å². The molecule has 0 bridgehead atoms. The van der Waals surface area contributed by atoms with E-state index in [9.17, 15) is 10.2 Å². The van der Waals surface area contributed by atoms with Crippen molar-refractivity contribution in [2.45, 2.75) is 13.5 Å². The molecule has 0 spiro atoms. The van der Waals surface area contributed by atoms with E-state index in [-0.39, 0.29) is 5.75 Å². The van der Waals surface area contributed by atoms with Crippen LogP contribution in [0.4, 0.5) is 5.69 Å². The highest BCUT2D eigenvalue weighted by atomic mass is 16.3. The SMILES string of the molecule is Cc1c(O)cccc1CN(C)c1cncc(-c2cccc(O)c2)c1. The first-order valence-corrected chi connectivity index (χ1v) is 7.77. The van der Waals surface area contributed by atoms with E-state index in [1.165, 1.54) is 0 Å². The van der Waals surface area contributed by atoms with E-state index in [1.54, 1.807) is 24.4 Å². The first-order valence-electron chi connectivity index (χ1n) is 7.77.